The van der Waals surface area contributed by atoms with Gasteiger partial charge in [-0.05, 0) is 6.07 Å². The molecule has 0 aliphatic carbocycles. The molecule has 0 fully saturated rings. The molecule has 0 saturated carbocycles. The van der Waals surface area contributed by atoms with Crippen LogP contribution in [-0.2, 0) is 11.3 Å². The van der Waals surface area contributed by atoms with E-state index in [2.05, 4.69) is 20.4 Å². The molecule has 96 valence electrons. The van der Waals surface area contributed by atoms with Crippen molar-refractivity contribution >= 4 is 16.9 Å². The largest absolute Gasteiger partial charge is 0.451 e. The van der Waals surface area contributed by atoms with E-state index in [4.69, 9.17) is 9.15 Å². The minimum absolute atomic E-state index is 0.0686. The lowest BCUT2D eigenvalue weighted by Crippen LogP contribution is -2.06. The summed E-state index contributed by atoms with van der Waals surface area (Å²) >= 11 is 0. The summed E-state index contributed by atoms with van der Waals surface area (Å²) in [4.78, 5) is 11.9. The topological polar surface area (TPSA) is 93.9 Å². The van der Waals surface area contributed by atoms with E-state index in [-0.39, 0.29) is 18.2 Å². The second kappa shape index (κ2) is 4.52. The van der Waals surface area contributed by atoms with Gasteiger partial charge in [0.05, 0.1) is 5.52 Å². The van der Waals surface area contributed by atoms with Crippen LogP contribution in [0.5, 0.6) is 0 Å². The van der Waals surface area contributed by atoms with Gasteiger partial charge in [-0.3, -0.25) is 5.10 Å². The van der Waals surface area contributed by atoms with Crippen LogP contribution in [-0.4, -0.2) is 26.4 Å². The van der Waals surface area contributed by atoms with Crippen LogP contribution in [0.25, 0.3) is 10.9 Å². The lowest BCUT2D eigenvalue weighted by molar-refractivity contribution is 0.0432. The van der Waals surface area contributed by atoms with Gasteiger partial charge in [0.2, 0.25) is 5.89 Å². The van der Waals surface area contributed by atoms with Crippen LogP contribution in [0.3, 0.4) is 0 Å². The number of aromatic amines is 1. The Morgan fingerprint density at radius 2 is 2.21 bits per heavy atom. The molecular weight excluding hydrogens is 248 g/mol. The lowest BCUT2D eigenvalue weighted by Gasteiger charge is -1.99. The van der Waals surface area contributed by atoms with Gasteiger partial charge < -0.3 is 9.15 Å². The van der Waals surface area contributed by atoms with Crippen molar-refractivity contribution in [3.63, 3.8) is 0 Å². The number of rotatable bonds is 3. The first-order valence-corrected chi connectivity index (χ1v) is 5.63. The minimum atomic E-state index is -0.534. The molecule has 1 N–H and O–H groups in total. The molecule has 0 aliphatic heterocycles. The van der Waals surface area contributed by atoms with Gasteiger partial charge >= 0.3 is 5.97 Å². The molecule has 0 radical (unpaired) electrons. The Labute approximate surface area is 107 Å². The number of fused-ring (bicyclic) bond motifs is 1. The molecule has 19 heavy (non-hydrogen) atoms. The van der Waals surface area contributed by atoms with Crippen molar-refractivity contribution in [2.75, 3.05) is 0 Å². The van der Waals surface area contributed by atoms with Gasteiger partial charge in [-0.1, -0.05) is 18.2 Å². The van der Waals surface area contributed by atoms with E-state index in [0.717, 1.165) is 5.52 Å². The van der Waals surface area contributed by atoms with E-state index in [1.165, 1.54) is 0 Å². The SMILES string of the molecule is Cc1nnc(COC(=O)c2n[nH]c3ccccc23)o1. The average Bonchev–Trinajstić information content (AvgIpc) is 3.02. The Kier molecular flexibility index (Phi) is 2.71. The molecule has 3 rings (SSSR count). The number of aryl methyl sites for hydroxylation is 1. The fourth-order valence-corrected chi connectivity index (χ4v) is 1.71. The normalized spacial score (nSPS) is 10.8. The summed E-state index contributed by atoms with van der Waals surface area (Å²) in [5.41, 5.74) is 1.02. The number of carbonyl (C=O) groups is 1. The van der Waals surface area contributed by atoms with Crippen LogP contribution in [0.15, 0.2) is 28.7 Å². The third-order valence-electron chi connectivity index (χ3n) is 2.56. The molecule has 7 nitrogen and oxygen atoms in total. The van der Waals surface area contributed by atoms with Crippen molar-refractivity contribution in [1.29, 1.82) is 0 Å². The first-order chi connectivity index (χ1) is 9.24. The second-order valence-electron chi connectivity index (χ2n) is 3.91. The van der Waals surface area contributed by atoms with Crippen LogP contribution < -0.4 is 0 Å². The maximum absolute atomic E-state index is 11.9. The maximum Gasteiger partial charge on any atom is 0.359 e. The van der Waals surface area contributed by atoms with E-state index in [1.54, 1.807) is 13.0 Å². The summed E-state index contributed by atoms with van der Waals surface area (Å²) in [5, 5.41) is 14.8. The molecule has 0 unspecified atom stereocenters. The molecule has 0 atom stereocenters. The van der Waals surface area contributed by atoms with Gasteiger partial charge in [0.1, 0.15) is 0 Å². The van der Waals surface area contributed by atoms with Gasteiger partial charge in [0.25, 0.3) is 5.89 Å². The van der Waals surface area contributed by atoms with Crippen LogP contribution >= 0.6 is 0 Å². The van der Waals surface area contributed by atoms with Gasteiger partial charge in [-0.15, -0.1) is 10.2 Å². The van der Waals surface area contributed by atoms with Gasteiger partial charge in [0.15, 0.2) is 12.3 Å². The number of nitrogens with zero attached hydrogens (tertiary/aromatic N) is 3. The third kappa shape index (κ3) is 2.17. The first-order valence-electron chi connectivity index (χ1n) is 5.63. The molecule has 0 aliphatic rings. The number of hydrogen-bond donors (Lipinski definition) is 1. The molecule has 3 aromatic rings. The highest BCUT2D eigenvalue weighted by atomic mass is 16.5. The Bertz CT molecular complexity index is 731. The number of carbonyl (C=O) groups excluding carboxylic acids is 1. The summed E-state index contributed by atoms with van der Waals surface area (Å²) in [6.07, 6.45) is 0. The van der Waals surface area contributed by atoms with Crippen LogP contribution in [0.2, 0.25) is 0 Å². The maximum atomic E-state index is 11.9. The molecule has 7 heteroatoms. The summed E-state index contributed by atoms with van der Waals surface area (Å²) in [6.45, 7) is 1.60. The summed E-state index contributed by atoms with van der Waals surface area (Å²) in [7, 11) is 0. The summed E-state index contributed by atoms with van der Waals surface area (Å²) < 4.78 is 10.2. The Morgan fingerprint density at radius 1 is 1.37 bits per heavy atom. The average molecular weight is 258 g/mol. The highest BCUT2D eigenvalue weighted by Gasteiger charge is 2.16. The molecule has 2 heterocycles. The highest BCUT2D eigenvalue weighted by Crippen LogP contribution is 2.16. The van der Waals surface area contributed by atoms with Crippen molar-refractivity contribution in [2.45, 2.75) is 13.5 Å². The number of para-hydroxylation sites is 1. The molecule has 0 bridgehead atoms. The molecule has 2 aromatic heterocycles. The monoisotopic (exact) mass is 258 g/mol. The number of ether oxygens (including phenoxy) is 1. The molecule has 0 spiro atoms. The number of benzene rings is 1. The fourth-order valence-electron chi connectivity index (χ4n) is 1.71. The number of nitrogens with one attached hydrogen (secondary N) is 1. The first kappa shape index (κ1) is 11.4. The van der Waals surface area contributed by atoms with Crippen LogP contribution in [0.4, 0.5) is 0 Å². The Morgan fingerprint density at radius 3 is 3.00 bits per heavy atom. The van der Waals surface area contributed by atoms with Crippen molar-refractivity contribution in [3.8, 4) is 0 Å². The molecule has 0 amide bonds. The number of hydrogen-bond acceptors (Lipinski definition) is 6. The molecule has 0 saturated heterocycles. The van der Waals surface area contributed by atoms with E-state index in [0.29, 0.717) is 11.3 Å². The number of aromatic nitrogens is 4. The van der Waals surface area contributed by atoms with E-state index >= 15 is 0 Å². The smallest absolute Gasteiger partial charge is 0.359 e. The zero-order valence-electron chi connectivity index (χ0n) is 10.1. The van der Waals surface area contributed by atoms with E-state index < -0.39 is 5.97 Å². The Hall–Kier alpha value is -2.70. The van der Waals surface area contributed by atoms with Crippen molar-refractivity contribution < 1.29 is 13.9 Å². The summed E-state index contributed by atoms with van der Waals surface area (Å²) in [6, 6.07) is 7.32. The molecule has 1 aromatic carbocycles. The van der Waals surface area contributed by atoms with E-state index in [1.807, 2.05) is 18.2 Å². The zero-order valence-corrected chi connectivity index (χ0v) is 10.1. The predicted octanol–water partition coefficient (Wildman–Crippen LogP) is 1.61. The van der Waals surface area contributed by atoms with Crippen LogP contribution in [0.1, 0.15) is 22.3 Å². The standard InChI is InChI=1S/C12H10N4O3/c1-7-13-15-10(19-7)6-18-12(17)11-8-4-2-3-5-9(8)14-16-11/h2-5H,6H2,1H3,(H,14,16). The van der Waals surface area contributed by atoms with Crippen molar-refractivity contribution in [1.82, 2.24) is 20.4 Å². The van der Waals surface area contributed by atoms with Gasteiger partial charge in [-0.25, -0.2) is 4.79 Å². The highest BCUT2D eigenvalue weighted by molar-refractivity contribution is 6.01. The van der Waals surface area contributed by atoms with E-state index in [9.17, 15) is 4.79 Å². The predicted molar refractivity (Wildman–Crippen MR) is 64.2 cm³/mol. The van der Waals surface area contributed by atoms with Gasteiger partial charge in [-0.2, -0.15) is 5.10 Å². The number of esters is 1. The second-order valence-corrected chi connectivity index (χ2v) is 3.91. The van der Waals surface area contributed by atoms with Gasteiger partial charge in [0, 0.05) is 12.3 Å². The number of H-pyrrole nitrogens is 1. The quantitative estimate of drug-likeness (QED) is 0.717. The zero-order chi connectivity index (χ0) is 13.2. The lowest BCUT2D eigenvalue weighted by atomic mass is 10.2. The summed E-state index contributed by atoms with van der Waals surface area (Å²) in [5.74, 6) is 0.148. The molecular formula is C12H10N4O3. The third-order valence-corrected chi connectivity index (χ3v) is 2.56. The van der Waals surface area contributed by atoms with Crippen molar-refractivity contribution in [3.05, 3.63) is 41.7 Å². The fraction of sp³-hybridized carbons (Fsp3) is 0.167. The minimum Gasteiger partial charge on any atom is -0.451 e. The Balaban J connectivity index is 1.77. The van der Waals surface area contributed by atoms with Crippen LogP contribution in [0, 0.1) is 6.92 Å². The van der Waals surface area contributed by atoms with Crippen molar-refractivity contribution in [2.24, 2.45) is 0 Å².